The Morgan fingerprint density at radius 1 is 1.09 bits per heavy atom. The number of sulfonamides is 1. The zero-order valence-electron chi connectivity index (χ0n) is 17.1. The van der Waals surface area contributed by atoms with E-state index in [1.807, 2.05) is 6.92 Å². The molecule has 0 radical (unpaired) electrons. The van der Waals surface area contributed by atoms with E-state index in [2.05, 4.69) is 14.7 Å². The van der Waals surface area contributed by atoms with Crippen LogP contribution in [0.3, 0.4) is 0 Å². The predicted octanol–water partition coefficient (Wildman–Crippen LogP) is 3.66. The molecule has 13 heteroatoms. The van der Waals surface area contributed by atoms with Crippen molar-refractivity contribution in [2.24, 2.45) is 9.98 Å². The zero-order chi connectivity index (χ0) is 23.6. The first-order valence-electron chi connectivity index (χ1n) is 9.82. The second kappa shape index (κ2) is 8.93. The average molecular weight is 483 g/mol. The van der Waals surface area contributed by atoms with Gasteiger partial charge in [0.1, 0.15) is 29.5 Å². The van der Waals surface area contributed by atoms with Crippen molar-refractivity contribution >= 4 is 22.6 Å². The number of rotatable bonds is 8. The molecule has 0 saturated carbocycles. The molecule has 0 spiro atoms. The van der Waals surface area contributed by atoms with Crippen molar-refractivity contribution in [1.82, 2.24) is 4.31 Å². The molecule has 1 atom stereocenters. The first kappa shape index (κ1) is 24.4. The van der Waals surface area contributed by atoms with Crippen LogP contribution in [0.2, 0.25) is 0 Å². The summed E-state index contributed by atoms with van der Waals surface area (Å²) >= 11 is 0. The minimum Gasteiger partial charge on any atom is -0.490 e. The Balaban J connectivity index is 1.53. The van der Waals surface area contributed by atoms with Crippen LogP contribution in [0.4, 0.5) is 22.0 Å². The van der Waals surface area contributed by atoms with Crippen LogP contribution < -0.4 is 9.47 Å². The van der Waals surface area contributed by atoms with Gasteiger partial charge in [-0.05, 0) is 43.5 Å². The minimum atomic E-state index is -5.83. The van der Waals surface area contributed by atoms with Crippen molar-refractivity contribution in [3.63, 3.8) is 0 Å². The van der Waals surface area contributed by atoms with E-state index in [1.165, 1.54) is 22.8 Å². The van der Waals surface area contributed by atoms with Crippen molar-refractivity contribution in [2.45, 2.75) is 50.1 Å². The highest BCUT2D eigenvalue weighted by atomic mass is 32.2. The molecule has 7 nitrogen and oxygen atoms in total. The van der Waals surface area contributed by atoms with Crippen LogP contribution in [0.15, 0.2) is 34.3 Å². The number of ether oxygens (including phenoxy) is 2. The van der Waals surface area contributed by atoms with Gasteiger partial charge in [0.05, 0.1) is 5.75 Å². The van der Waals surface area contributed by atoms with E-state index in [0.29, 0.717) is 19.3 Å². The van der Waals surface area contributed by atoms with Gasteiger partial charge in [-0.2, -0.15) is 22.0 Å². The van der Waals surface area contributed by atoms with Crippen molar-refractivity contribution in [3.05, 3.63) is 24.3 Å². The largest absolute Gasteiger partial charge is 0.499 e. The van der Waals surface area contributed by atoms with Gasteiger partial charge in [-0.1, -0.05) is 6.92 Å². The lowest BCUT2D eigenvalue weighted by Crippen LogP contribution is -2.47. The number of hydrogen-bond donors (Lipinski definition) is 0. The maximum Gasteiger partial charge on any atom is 0.499 e. The van der Waals surface area contributed by atoms with Crippen LogP contribution in [0.1, 0.15) is 26.2 Å². The summed E-state index contributed by atoms with van der Waals surface area (Å²) in [6, 6.07) is 4.32. The third-order valence-corrected chi connectivity index (χ3v) is 7.25. The molecule has 178 valence electrons. The fraction of sp³-hybridized carbons (Fsp3) is 0.579. The minimum absolute atomic E-state index is 0.175. The molecule has 1 aromatic rings. The molecule has 0 N–H and O–H groups in total. The summed E-state index contributed by atoms with van der Waals surface area (Å²) in [6.45, 7) is 2.30. The van der Waals surface area contributed by atoms with Gasteiger partial charge in [0.15, 0.2) is 0 Å². The molecular weight excluding hydrogens is 461 g/mol. The summed E-state index contributed by atoms with van der Waals surface area (Å²) in [5, 5.41) is 0. The third-order valence-electron chi connectivity index (χ3n) is 5.24. The highest BCUT2D eigenvalue weighted by Crippen LogP contribution is 2.37. The Morgan fingerprint density at radius 3 is 2.19 bits per heavy atom. The topological polar surface area (TPSA) is 80.6 Å². The van der Waals surface area contributed by atoms with Crippen LogP contribution in [0.25, 0.3) is 0 Å². The summed E-state index contributed by atoms with van der Waals surface area (Å²) in [6.07, 6.45) is -7.31. The quantitative estimate of drug-likeness (QED) is 0.529. The normalized spacial score (nSPS) is 22.9. The molecule has 0 amide bonds. The highest BCUT2D eigenvalue weighted by molar-refractivity contribution is 7.89. The Labute approximate surface area is 182 Å². The van der Waals surface area contributed by atoms with Gasteiger partial charge in [-0.25, -0.2) is 17.7 Å². The molecule has 0 unspecified atom stereocenters. The Bertz CT molecular complexity index is 944. The first-order chi connectivity index (χ1) is 14.9. The monoisotopic (exact) mass is 483 g/mol. The zero-order valence-corrected chi connectivity index (χ0v) is 17.9. The van der Waals surface area contributed by atoms with Crippen molar-refractivity contribution < 1.29 is 39.8 Å². The van der Waals surface area contributed by atoms with E-state index in [1.54, 1.807) is 6.21 Å². The van der Waals surface area contributed by atoms with Gasteiger partial charge in [0.2, 0.25) is 10.0 Å². The molecule has 2 aliphatic heterocycles. The summed E-state index contributed by atoms with van der Waals surface area (Å²) in [5.41, 5.74) is -0.848. The number of piperidine rings is 1. The Hall–Kier alpha value is -2.28. The summed E-state index contributed by atoms with van der Waals surface area (Å²) in [4.78, 5) is 8.09. The predicted molar refractivity (Wildman–Crippen MR) is 107 cm³/mol. The number of hydrogen-bond acceptors (Lipinski definition) is 6. The number of alkyl halides is 5. The SMILES string of the molecule is CC[C@@]1(CS(=O)(=O)N2CCC(Oc3ccc(OC(F)(F)C(F)(F)F)cc3)CC2)C=NC=N1. The summed E-state index contributed by atoms with van der Waals surface area (Å²) in [5.74, 6) is -0.592. The van der Waals surface area contributed by atoms with Crippen LogP contribution in [0, 0.1) is 0 Å². The van der Waals surface area contributed by atoms with Crippen molar-refractivity contribution in [1.29, 1.82) is 0 Å². The molecule has 2 heterocycles. The average Bonchev–Trinajstić information content (AvgIpc) is 3.17. The highest BCUT2D eigenvalue weighted by Gasteiger charge is 2.61. The molecular formula is C19H22F5N3O4S. The lowest BCUT2D eigenvalue weighted by molar-refractivity contribution is -0.360. The second-order valence-electron chi connectivity index (χ2n) is 7.54. The fourth-order valence-corrected chi connectivity index (χ4v) is 5.27. The van der Waals surface area contributed by atoms with Crippen molar-refractivity contribution in [3.8, 4) is 11.5 Å². The van der Waals surface area contributed by atoms with Gasteiger partial charge in [-0.15, -0.1) is 0 Å². The van der Waals surface area contributed by atoms with Gasteiger partial charge >= 0.3 is 12.3 Å². The van der Waals surface area contributed by atoms with Gasteiger partial charge in [-0.3, -0.25) is 4.99 Å². The lowest BCUT2D eigenvalue weighted by Gasteiger charge is -2.33. The second-order valence-corrected chi connectivity index (χ2v) is 9.51. The fourth-order valence-electron chi connectivity index (χ4n) is 3.33. The molecule has 3 rings (SSSR count). The number of benzene rings is 1. The van der Waals surface area contributed by atoms with Gasteiger partial charge in [0, 0.05) is 19.3 Å². The molecule has 2 aliphatic rings. The Kier molecular flexibility index (Phi) is 6.80. The van der Waals surface area contributed by atoms with E-state index in [-0.39, 0.29) is 30.7 Å². The molecule has 0 bridgehead atoms. The molecule has 1 aromatic carbocycles. The Morgan fingerprint density at radius 2 is 1.69 bits per heavy atom. The smallest absolute Gasteiger partial charge is 0.490 e. The number of halogens is 5. The van der Waals surface area contributed by atoms with Crippen LogP contribution >= 0.6 is 0 Å². The summed E-state index contributed by atoms with van der Waals surface area (Å²) < 4.78 is 98.9. The standard InChI is InChI=1S/C19H22F5N3O4S/c1-2-17(11-25-13-26-17)12-32(28,29)27-9-7-15(8-10-27)30-14-3-5-16(6-4-14)31-19(23,24)18(20,21)22/h3-6,11,13,15H,2,7-10,12H2,1H3/t17-/m0/s1. The number of nitrogens with zero attached hydrogens (tertiary/aromatic N) is 3. The maximum atomic E-state index is 13.0. The molecule has 0 aromatic heterocycles. The van der Waals surface area contributed by atoms with E-state index >= 15 is 0 Å². The summed E-state index contributed by atoms with van der Waals surface area (Å²) in [7, 11) is -3.58. The van der Waals surface area contributed by atoms with Crippen LogP contribution in [0.5, 0.6) is 11.5 Å². The first-order valence-corrected chi connectivity index (χ1v) is 11.4. The van der Waals surface area contributed by atoms with Crippen LogP contribution in [-0.4, -0.2) is 68.0 Å². The van der Waals surface area contributed by atoms with Crippen molar-refractivity contribution in [2.75, 3.05) is 18.8 Å². The van der Waals surface area contributed by atoms with E-state index in [0.717, 1.165) is 12.1 Å². The van der Waals surface area contributed by atoms with E-state index < -0.39 is 33.6 Å². The van der Waals surface area contributed by atoms with E-state index in [4.69, 9.17) is 4.74 Å². The lowest BCUT2D eigenvalue weighted by atomic mass is 10.0. The molecule has 1 fully saturated rings. The molecule has 32 heavy (non-hydrogen) atoms. The van der Waals surface area contributed by atoms with Gasteiger partial charge in [0.25, 0.3) is 0 Å². The number of aliphatic imine (C=N–C) groups is 2. The van der Waals surface area contributed by atoms with Gasteiger partial charge < -0.3 is 9.47 Å². The maximum absolute atomic E-state index is 13.0. The van der Waals surface area contributed by atoms with E-state index in [9.17, 15) is 30.4 Å². The molecule has 0 aliphatic carbocycles. The third kappa shape index (κ3) is 5.55. The molecule has 1 saturated heterocycles. The van der Waals surface area contributed by atoms with Crippen LogP contribution in [-0.2, 0) is 10.0 Å².